The van der Waals surface area contributed by atoms with E-state index in [-0.39, 0.29) is 5.75 Å². The van der Waals surface area contributed by atoms with E-state index in [9.17, 15) is 8.42 Å². The van der Waals surface area contributed by atoms with Crippen molar-refractivity contribution in [2.45, 2.75) is 6.92 Å². The Morgan fingerprint density at radius 3 is 2.14 bits per heavy atom. The molecule has 0 rings (SSSR count). The zero-order valence-electron chi connectivity index (χ0n) is 3.92. The van der Waals surface area contributed by atoms with Crippen molar-refractivity contribution in [1.29, 1.82) is 0 Å². The maximum atomic E-state index is 10.1. The van der Waals surface area contributed by atoms with Crippen LogP contribution in [0.4, 0.5) is 0 Å². The summed E-state index contributed by atoms with van der Waals surface area (Å²) in [5, 5.41) is 0. The molecule has 0 aliphatic carbocycles. The molecule has 0 unspecified atom stereocenters. The van der Waals surface area contributed by atoms with E-state index in [1.165, 1.54) is 6.92 Å². The predicted octanol–water partition coefficient (Wildman–Crippen LogP) is -0.564. The molecule has 0 fully saturated rings. The van der Waals surface area contributed by atoms with E-state index in [1.54, 1.807) is 16.6 Å². The topological polar surface area (TPSA) is 43.4 Å². The summed E-state index contributed by atoms with van der Waals surface area (Å²) >= 11 is 1.68. The summed E-state index contributed by atoms with van der Waals surface area (Å²) in [6.07, 6.45) is 0. The van der Waals surface area contributed by atoms with Crippen LogP contribution in [-0.4, -0.2) is 30.8 Å². The first kappa shape index (κ1) is 7.44. The molecular weight excluding hydrogens is 131 g/mol. The predicted molar refractivity (Wildman–Crippen MR) is 26.3 cm³/mol. The van der Waals surface area contributed by atoms with Crippen LogP contribution in [-0.2, 0) is 13.4 Å². The fourth-order valence-corrected chi connectivity index (χ4v) is 0.612. The summed E-state index contributed by atoms with van der Waals surface area (Å²) in [4.78, 5) is 0. The summed E-state index contributed by atoms with van der Waals surface area (Å²) in [5.41, 5.74) is 0. The van der Waals surface area contributed by atoms with Gasteiger partial charge < -0.3 is 0 Å². The molecule has 0 amide bonds. The van der Waals surface area contributed by atoms with Gasteiger partial charge in [0.25, 0.3) is 0 Å². The van der Waals surface area contributed by atoms with Gasteiger partial charge in [-0.15, -0.1) is 0 Å². The first-order valence-corrected chi connectivity index (χ1v) is 3.78. The third-order valence-electron chi connectivity index (χ3n) is 0.500. The molecule has 0 aromatic heterocycles. The van der Waals surface area contributed by atoms with Crippen molar-refractivity contribution in [3.63, 3.8) is 0 Å². The van der Waals surface area contributed by atoms with E-state index in [0.717, 1.165) is 0 Å². The summed E-state index contributed by atoms with van der Waals surface area (Å²) in [5.74, 6) is 0.0243. The number of rotatable bonds is 2. The second kappa shape index (κ2) is 2.68. The third-order valence-corrected chi connectivity index (χ3v) is 2.38. The van der Waals surface area contributed by atoms with Crippen LogP contribution in [0, 0.1) is 0 Å². The molecule has 0 heterocycles. The minimum atomic E-state index is -3.19. The second-order valence-electron chi connectivity index (χ2n) is 0.943. The van der Waals surface area contributed by atoms with E-state index in [1.807, 2.05) is 0 Å². The second-order valence-corrected chi connectivity index (χ2v) is 3.41. The maximum absolute atomic E-state index is 10.1. The summed E-state index contributed by atoms with van der Waals surface area (Å²) in [7, 11) is -3.19. The van der Waals surface area contributed by atoms with Gasteiger partial charge in [0.1, 0.15) is 0 Å². The average Bonchev–Trinajstić information content (AvgIpc) is 1.68. The van der Waals surface area contributed by atoms with Gasteiger partial charge in [-0.05, 0) is 0 Å². The molecule has 0 aromatic carbocycles. The standard InChI is InChI=1S/C2H6O3S.Al/c1-2-6(3,4)5;/h2H2,1H3,(H,3,4,5);/q;+3/p-1. The van der Waals surface area contributed by atoms with E-state index in [4.69, 9.17) is 0 Å². The van der Waals surface area contributed by atoms with Crippen molar-refractivity contribution in [2.24, 2.45) is 0 Å². The Kier molecular flexibility index (Phi) is 2.85. The van der Waals surface area contributed by atoms with Gasteiger partial charge in [0.05, 0.1) is 0 Å². The van der Waals surface area contributed by atoms with E-state index in [0.29, 0.717) is 0 Å². The Labute approximate surface area is 51.6 Å². The third kappa shape index (κ3) is 3.06. The molecular formula is C2H5AlO3S+2. The molecule has 0 saturated carbocycles. The Morgan fingerprint density at radius 1 is 1.71 bits per heavy atom. The molecule has 38 valence electrons. The molecule has 0 aliphatic heterocycles. The monoisotopic (exact) mass is 136 g/mol. The fraction of sp³-hybridized carbons (Fsp3) is 1.00. The molecule has 7 heavy (non-hydrogen) atoms. The van der Waals surface area contributed by atoms with Crippen LogP contribution in [0.25, 0.3) is 0 Å². The molecule has 5 heteroatoms. The number of hydrogen-bond donors (Lipinski definition) is 0. The van der Waals surface area contributed by atoms with E-state index < -0.39 is 10.1 Å². The van der Waals surface area contributed by atoms with Crippen molar-refractivity contribution in [3.8, 4) is 0 Å². The molecule has 3 nitrogen and oxygen atoms in total. The molecule has 0 aliphatic rings. The first-order chi connectivity index (χ1) is 3.12. The Bertz CT molecular complexity index is 116. The molecule has 0 bridgehead atoms. The van der Waals surface area contributed by atoms with Crippen LogP contribution < -0.4 is 0 Å². The van der Waals surface area contributed by atoms with Crippen molar-refractivity contribution in [2.75, 3.05) is 5.75 Å². The van der Waals surface area contributed by atoms with Crippen molar-refractivity contribution in [1.82, 2.24) is 0 Å². The van der Waals surface area contributed by atoms with Crippen LogP contribution in [0.3, 0.4) is 0 Å². The molecule has 0 radical (unpaired) electrons. The van der Waals surface area contributed by atoms with Gasteiger partial charge in [-0.3, -0.25) is 0 Å². The quantitative estimate of drug-likeness (QED) is 0.478. The molecule has 0 aromatic rings. The minimum absolute atomic E-state index is 0.0243. The Morgan fingerprint density at radius 2 is 2.14 bits per heavy atom. The molecule has 0 N–H and O–H groups in total. The van der Waals surface area contributed by atoms with Crippen molar-refractivity contribution < 1.29 is 11.7 Å². The zero-order chi connectivity index (χ0) is 5.91. The first-order valence-electron chi connectivity index (χ1n) is 1.73. The van der Waals surface area contributed by atoms with Gasteiger partial charge in [-0.1, -0.05) is 0 Å². The Balaban J connectivity index is 3.89. The van der Waals surface area contributed by atoms with Crippen LogP contribution in [0.5, 0.6) is 0 Å². The van der Waals surface area contributed by atoms with Gasteiger partial charge in [0.15, 0.2) is 0 Å². The van der Waals surface area contributed by atoms with Crippen LogP contribution in [0.2, 0.25) is 0 Å². The van der Waals surface area contributed by atoms with Gasteiger partial charge in [-0.25, -0.2) is 0 Å². The molecule has 0 saturated heterocycles. The SMILES string of the molecule is CCS(=O)(=O)[O][Al+2]. The van der Waals surface area contributed by atoms with E-state index >= 15 is 0 Å². The van der Waals surface area contributed by atoms with Gasteiger partial charge in [0, 0.05) is 0 Å². The summed E-state index contributed by atoms with van der Waals surface area (Å²) in [6, 6.07) is 0. The normalized spacial score (nSPS) is 11.9. The van der Waals surface area contributed by atoms with Crippen molar-refractivity contribution >= 4 is 26.7 Å². The molecule has 0 spiro atoms. The van der Waals surface area contributed by atoms with Gasteiger partial charge in [0.2, 0.25) is 0 Å². The van der Waals surface area contributed by atoms with Crippen LogP contribution >= 0.6 is 0 Å². The van der Waals surface area contributed by atoms with Crippen molar-refractivity contribution in [3.05, 3.63) is 0 Å². The number of hydrogen-bond acceptors (Lipinski definition) is 3. The van der Waals surface area contributed by atoms with Crippen LogP contribution in [0.15, 0.2) is 0 Å². The van der Waals surface area contributed by atoms with E-state index in [2.05, 4.69) is 3.23 Å². The fourth-order valence-electron chi connectivity index (χ4n) is 0.0680. The van der Waals surface area contributed by atoms with Gasteiger partial charge >= 0.3 is 51.1 Å². The molecule has 0 atom stereocenters. The summed E-state index contributed by atoms with van der Waals surface area (Å²) in [6.45, 7) is 1.51. The Hall–Kier alpha value is 0.442. The zero-order valence-corrected chi connectivity index (χ0v) is 5.89. The van der Waals surface area contributed by atoms with Gasteiger partial charge in [-0.2, -0.15) is 0 Å². The van der Waals surface area contributed by atoms with Crippen LogP contribution in [0.1, 0.15) is 6.92 Å². The summed E-state index contributed by atoms with van der Waals surface area (Å²) < 4.78 is 24.2. The average molecular weight is 136 g/mol.